The summed E-state index contributed by atoms with van der Waals surface area (Å²) < 4.78 is 13.9. The van der Waals surface area contributed by atoms with E-state index in [0.29, 0.717) is 27.1 Å². The average molecular weight is 338 g/mol. The molecule has 104 valence electrons. The molecule has 2 aromatic carbocycles. The fourth-order valence-corrected chi connectivity index (χ4v) is 2.24. The van der Waals surface area contributed by atoms with E-state index in [9.17, 15) is 9.18 Å². The van der Waals surface area contributed by atoms with Crippen LogP contribution in [0.3, 0.4) is 0 Å². The van der Waals surface area contributed by atoms with E-state index in [1.807, 2.05) is 0 Å². The van der Waals surface area contributed by atoms with Crippen molar-refractivity contribution >= 4 is 38.9 Å². The van der Waals surface area contributed by atoms with Crippen LogP contribution in [0.4, 0.5) is 21.5 Å². The fraction of sp³-hybridized carbons (Fsp3) is 0.0714. The van der Waals surface area contributed by atoms with E-state index in [4.69, 9.17) is 11.5 Å². The van der Waals surface area contributed by atoms with E-state index in [1.54, 1.807) is 19.1 Å². The number of benzene rings is 2. The molecule has 0 saturated heterocycles. The molecule has 0 radical (unpaired) electrons. The fourth-order valence-electron chi connectivity index (χ4n) is 1.78. The van der Waals surface area contributed by atoms with E-state index in [2.05, 4.69) is 21.2 Å². The lowest BCUT2D eigenvalue weighted by atomic mass is 10.1. The van der Waals surface area contributed by atoms with Gasteiger partial charge in [-0.15, -0.1) is 0 Å². The number of halogens is 2. The lowest BCUT2D eigenvalue weighted by Gasteiger charge is -2.10. The van der Waals surface area contributed by atoms with Crippen LogP contribution in [-0.4, -0.2) is 5.91 Å². The third-order valence-corrected chi connectivity index (χ3v) is 3.36. The molecule has 2 aromatic rings. The molecule has 0 unspecified atom stereocenters. The van der Waals surface area contributed by atoms with Crippen molar-refractivity contribution in [3.05, 3.63) is 51.7 Å². The molecule has 0 aromatic heterocycles. The number of carbonyl (C=O) groups excluding carboxylic acids is 1. The Morgan fingerprint density at radius 1 is 1.15 bits per heavy atom. The topological polar surface area (TPSA) is 81.1 Å². The first kappa shape index (κ1) is 14.3. The van der Waals surface area contributed by atoms with Gasteiger partial charge in [0.1, 0.15) is 5.82 Å². The summed E-state index contributed by atoms with van der Waals surface area (Å²) in [6.07, 6.45) is 0. The van der Waals surface area contributed by atoms with Gasteiger partial charge in [-0.2, -0.15) is 0 Å². The normalized spacial score (nSPS) is 10.3. The van der Waals surface area contributed by atoms with Crippen LogP contribution in [0.15, 0.2) is 34.8 Å². The molecule has 0 aliphatic carbocycles. The summed E-state index contributed by atoms with van der Waals surface area (Å²) in [7, 11) is 0. The molecule has 1 amide bonds. The Kier molecular flexibility index (Phi) is 3.94. The summed E-state index contributed by atoms with van der Waals surface area (Å²) in [6, 6.07) is 7.43. The second-order valence-corrected chi connectivity index (χ2v) is 5.28. The van der Waals surface area contributed by atoms with Crippen molar-refractivity contribution in [2.75, 3.05) is 16.8 Å². The van der Waals surface area contributed by atoms with Gasteiger partial charge in [0.25, 0.3) is 5.91 Å². The highest BCUT2D eigenvalue weighted by Gasteiger charge is 2.11. The molecule has 0 fully saturated rings. The number of anilines is 3. The minimum Gasteiger partial charge on any atom is -0.399 e. The standard InChI is InChI=1S/C14H13BrFN3O/c1-7-2-11(15)12(16)6-13(7)19-14(20)8-3-9(17)5-10(18)4-8/h2-6H,17-18H2,1H3,(H,19,20). The van der Waals surface area contributed by atoms with Crippen LogP contribution in [0.1, 0.15) is 15.9 Å². The first-order valence-electron chi connectivity index (χ1n) is 5.80. The summed E-state index contributed by atoms with van der Waals surface area (Å²) in [5.74, 6) is -0.841. The molecule has 0 aliphatic rings. The van der Waals surface area contributed by atoms with Crippen LogP contribution in [0, 0.1) is 12.7 Å². The maximum Gasteiger partial charge on any atom is 0.255 e. The second kappa shape index (κ2) is 5.50. The summed E-state index contributed by atoms with van der Waals surface area (Å²) in [5.41, 5.74) is 13.5. The highest BCUT2D eigenvalue weighted by molar-refractivity contribution is 9.10. The Morgan fingerprint density at radius 3 is 2.35 bits per heavy atom. The summed E-state index contributed by atoms with van der Waals surface area (Å²) in [4.78, 5) is 12.1. The number of amides is 1. The SMILES string of the molecule is Cc1cc(Br)c(F)cc1NC(=O)c1cc(N)cc(N)c1. The smallest absolute Gasteiger partial charge is 0.255 e. The summed E-state index contributed by atoms with van der Waals surface area (Å²) in [6.45, 7) is 1.77. The first-order valence-corrected chi connectivity index (χ1v) is 6.59. The molecule has 0 spiro atoms. The van der Waals surface area contributed by atoms with Gasteiger partial charge >= 0.3 is 0 Å². The predicted molar refractivity (Wildman–Crippen MR) is 82.1 cm³/mol. The Balaban J connectivity index is 2.30. The summed E-state index contributed by atoms with van der Waals surface area (Å²) in [5, 5.41) is 2.64. The van der Waals surface area contributed by atoms with Gasteiger partial charge in [-0.05, 0) is 58.7 Å². The highest BCUT2D eigenvalue weighted by atomic mass is 79.9. The van der Waals surface area contributed by atoms with Gasteiger partial charge in [-0.1, -0.05) is 0 Å². The molecular formula is C14H13BrFN3O. The molecule has 0 atom stereocenters. The third-order valence-electron chi connectivity index (χ3n) is 2.76. The van der Waals surface area contributed by atoms with Gasteiger partial charge in [0, 0.05) is 22.6 Å². The average Bonchev–Trinajstić information content (AvgIpc) is 2.34. The second-order valence-electron chi connectivity index (χ2n) is 4.42. The molecule has 0 aliphatic heterocycles. The quantitative estimate of drug-likeness (QED) is 0.735. The van der Waals surface area contributed by atoms with Crippen molar-refractivity contribution in [2.24, 2.45) is 0 Å². The number of nitrogen functional groups attached to an aromatic ring is 2. The Labute approximate surface area is 124 Å². The van der Waals surface area contributed by atoms with Crippen LogP contribution >= 0.6 is 15.9 Å². The molecule has 0 heterocycles. The zero-order valence-corrected chi connectivity index (χ0v) is 12.3. The maximum absolute atomic E-state index is 13.5. The van der Waals surface area contributed by atoms with E-state index in [1.165, 1.54) is 18.2 Å². The Morgan fingerprint density at radius 2 is 1.75 bits per heavy atom. The Bertz CT molecular complexity index is 668. The molecular weight excluding hydrogens is 325 g/mol. The first-order chi connectivity index (χ1) is 9.36. The number of nitrogens with one attached hydrogen (secondary N) is 1. The van der Waals surface area contributed by atoms with E-state index in [0.717, 1.165) is 5.56 Å². The molecule has 2 rings (SSSR count). The Hall–Kier alpha value is -2.08. The lowest BCUT2D eigenvalue weighted by molar-refractivity contribution is 0.102. The van der Waals surface area contributed by atoms with Crippen molar-refractivity contribution < 1.29 is 9.18 Å². The summed E-state index contributed by atoms with van der Waals surface area (Å²) >= 11 is 3.09. The number of hydrogen-bond acceptors (Lipinski definition) is 3. The van der Waals surface area contributed by atoms with Crippen molar-refractivity contribution in [2.45, 2.75) is 6.92 Å². The van der Waals surface area contributed by atoms with E-state index in [-0.39, 0.29) is 0 Å². The lowest BCUT2D eigenvalue weighted by Crippen LogP contribution is -2.13. The maximum atomic E-state index is 13.5. The van der Waals surface area contributed by atoms with Gasteiger partial charge in [0.05, 0.1) is 4.47 Å². The molecule has 5 N–H and O–H groups in total. The van der Waals surface area contributed by atoms with Crippen LogP contribution < -0.4 is 16.8 Å². The van der Waals surface area contributed by atoms with Crippen molar-refractivity contribution in [1.29, 1.82) is 0 Å². The largest absolute Gasteiger partial charge is 0.399 e. The van der Waals surface area contributed by atoms with Gasteiger partial charge in [0.2, 0.25) is 0 Å². The van der Waals surface area contributed by atoms with E-state index < -0.39 is 11.7 Å². The van der Waals surface area contributed by atoms with Crippen LogP contribution in [0.5, 0.6) is 0 Å². The molecule has 0 bridgehead atoms. The van der Waals surface area contributed by atoms with Gasteiger partial charge < -0.3 is 16.8 Å². The van der Waals surface area contributed by atoms with Crippen LogP contribution in [0.25, 0.3) is 0 Å². The number of nitrogens with two attached hydrogens (primary N) is 2. The zero-order chi connectivity index (χ0) is 14.9. The van der Waals surface area contributed by atoms with Gasteiger partial charge in [-0.25, -0.2) is 4.39 Å². The monoisotopic (exact) mass is 337 g/mol. The van der Waals surface area contributed by atoms with Crippen molar-refractivity contribution in [3.8, 4) is 0 Å². The zero-order valence-electron chi connectivity index (χ0n) is 10.7. The molecule has 20 heavy (non-hydrogen) atoms. The molecule has 6 heteroatoms. The van der Waals surface area contributed by atoms with Crippen LogP contribution in [0.2, 0.25) is 0 Å². The van der Waals surface area contributed by atoms with Crippen molar-refractivity contribution in [3.63, 3.8) is 0 Å². The number of rotatable bonds is 2. The van der Waals surface area contributed by atoms with Gasteiger partial charge in [-0.3, -0.25) is 4.79 Å². The minimum atomic E-state index is -0.446. The third kappa shape index (κ3) is 3.08. The van der Waals surface area contributed by atoms with Crippen LogP contribution in [-0.2, 0) is 0 Å². The molecule has 4 nitrogen and oxygen atoms in total. The predicted octanol–water partition coefficient (Wildman–Crippen LogP) is 3.31. The van der Waals surface area contributed by atoms with E-state index >= 15 is 0 Å². The van der Waals surface area contributed by atoms with Gasteiger partial charge in [0.15, 0.2) is 0 Å². The number of hydrogen-bond donors (Lipinski definition) is 3. The molecule has 0 saturated carbocycles. The van der Waals surface area contributed by atoms with Crippen molar-refractivity contribution in [1.82, 2.24) is 0 Å². The highest BCUT2D eigenvalue weighted by Crippen LogP contribution is 2.24. The minimum absolute atomic E-state index is 0.324. The number of aryl methyl sites for hydroxylation is 1. The number of carbonyl (C=O) groups is 1.